The molecule has 4 fully saturated rings. The van der Waals surface area contributed by atoms with Gasteiger partial charge in [-0.1, -0.05) is 6.42 Å². The first-order chi connectivity index (χ1) is 12.6. The van der Waals surface area contributed by atoms with E-state index in [1.807, 2.05) is 9.80 Å². The molecule has 2 saturated carbocycles. The van der Waals surface area contributed by atoms with Gasteiger partial charge in [0, 0.05) is 38.1 Å². The van der Waals surface area contributed by atoms with Gasteiger partial charge in [0.1, 0.15) is 0 Å². The lowest BCUT2D eigenvalue weighted by atomic mass is 9.65. The van der Waals surface area contributed by atoms with Crippen LogP contribution in [0.3, 0.4) is 0 Å². The molecule has 6 heteroatoms. The third kappa shape index (κ3) is 3.63. The fourth-order valence-electron chi connectivity index (χ4n) is 5.67. The lowest BCUT2D eigenvalue weighted by Crippen LogP contribution is -2.53. The normalized spacial score (nSPS) is 38.1. The van der Waals surface area contributed by atoms with Crippen molar-refractivity contribution < 1.29 is 14.3 Å². The van der Waals surface area contributed by atoms with E-state index in [0.29, 0.717) is 50.7 Å². The van der Waals surface area contributed by atoms with Crippen LogP contribution in [0.25, 0.3) is 0 Å². The molecule has 3 atom stereocenters. The number of piperidine rings is 1. The molecule has 0 aromatic rings. The second-order valence-electron chi connectivity index (χ2n) is 8.76. The van der Waals surface area contributed by atoms with Crippen LogP contribution in [0.2, 0.25) is 0 Å². The van der Waals surface area contributed by atoms with Gasteiger partial charge in [-0.3, -0.25) is 9.59 Å². The van der Waals surface area contributed by atoms with Crippen LogP contribution < -0.4 is 5.73 Å². The monoisotopic (exact) mass is 363 g/mol. The highest BCUT2D eigenvalue weighted by Crippen LogP contribution is 2.42. The first kappa shape index (κ1) is 18.2. The second kappa shape index (κ2) is 7.85. The van der Waals surface area contributed by atoms with E-state index in [1.54, 1.807) is 0 Å². The number of carbonyl (C=O) groups is 2. The minimum atomic E-state index is -0.0313. The van der Waals surface area contributed by atoms with E-state index in [4.69, 9.17) is 10.5 Å². The van der Waals surface area contributed by atoms with Crippen molar-refractivity contribution in [2.75, 3.05) is 39.4 Å². The summed E-state index contributed by atoms with van der Waals surface area (Å²) in [5.74, 6) is 1.64. The molecular weight excluding hydrogens is 330 g/mol. The molecule has 2 aliphatic heterocycles. The van der Waals surface area contributed by atoms with Crippen molar-refractivity contribution >= 4 is 11.8 Å². The molecule has 2 N–H and O–H groups in total. The van der Waals surface area contributed by atoms with Crippen LogP contribution in [-0.4, -0.2) is 67.0 Å². The van der Waals surface area contributed by atoms with E-state index < -0.39 is 0 Å². The Morgan fingerprint density at radius 3 is 2.15 bits per heavy atom. The molecule has 0 aromatic carbocycles. The molecule has 3 unspecified atom stereocenters. The Bertz CT molecular complexity index is 520. The van der Waals surface area contributed by atoms with Gasteiger partial charge in [-0.15, -0.1) is 0 Å². The Morgan fingerprint density at radius 2 is 1.46 bits per heavy atom. The zero-order valence-electron chi connectivity index (χ0n) is 15.8. The van der Waals surface area contributed by atoms with Gasteiger partial charge in [-0.2, -0.15) is 0 Å². The minimum Gasteiger partial charge on any atom is -0.378 e. The Morgan fingerprint density at radius 1 is 0.808 bits per heavy atom. The van der Waals surface area contributed by atoms with Crippen molar-refractivity contribution in [1.29, 1.82) is 0 Å². The highest BCUT2D eigenvalue weighted by Gasteiger charge is 2.42. The summed E-state index contributed by atoms with van der Waals surface area (Å²) in [5, 5.41) is 0. The first-order valence-corrected chi connectivity index (χ1v) is 10.5. The summed E-state index contributed by atoms with van der Waals surface area (Å²) in [6.45, 7) is 4.05. The van der Waals surface area contributed by atoms with E-state index in [-0.39, 0.29) is 23.7 Å². The van der Waals surface area contributed by atoms with Crippen LogP contribution in [-0.2, 0) is 14.3 Å². The first-order valence-electron chi connectivity index (χ1n) is 10.5. The smallest absolute Gasteiger partial charge is 0.227 e. The van der Waals surface area contributed by atoms with Crippen molar-refractivity contribution in [2.45, 2.75) is 51.0 Å². The number of hydrogen-bond donors (Lipinski definition) is 1. The summed E-state index contributed by atoms with van der Waals surface area (Å²) in [6, 6.07) is 0.296. The Hall–Kier alpha value is -1.14. The molecule has 2 aliphatic carbocycles. The summed E-state index contributed by atoms with van der Waals surface area (Å²) < 4.78 is 5.35. The molecule has 26 heavy (non-hydrogen) atoms. The number of morpholine rings is 1. The number of amides is 2. The minimum absolute atomic E-state index is 0.0313. The number of carbonyl (C=O) groups excluding carboxylic acids is 2. The van der Waals surface area contributed by atoms with Gasteiger partial charge in [0.2, 0.25) is 11.8 Å². The number of ether oxygens (including phenoxy) is 1. The highest BCUT2D eigenvalue weighted by molar-refractivity contribution is 5.82. The van der Waals surface area contributed by atoms with E-state index >= 15 is 0 Å². The summed E-state index contributed by atoms with van der Waals surface area (Å²) in [6.07, 6.45) is 7.37. The van der Waals surface area contributed by atoms with Gasteiger partial charge in [0.25, 0.3) is 0 Å². The predicted octanol–water partition coefficient (Wildman–Crippen LogP) is 1.24. The standard InChI is InChI=1S/C20H33N3O3/c21-18-14-3-1-4-15(18)12-17(11-14)20(25)23-6-2-5-16(13-23)19(24)22-7-9-26-10-8-22/h14-18H,1-13,21H2. The molecule has 0 spiro atoms. The van der Waals surface area contributed by atoms with Crippen LogP contribution in [0.5, 0.6) is 0 Å². The van der Waals surface area contributed by atoms with Crippen LogP contribution in [0.15, 0.2) is 0 Å². The number of rotatable bonds is 2. The van der Waals surface area contributed by atoms with Gasteiger partial charge in [-0.25, -0.2) is 0 Å². The molecule has 4 rings (SSSR count). The van der Waals surface area contributed by atoms with Gasteiger partial charge < -0.3 is 20.3 Å². The van der Waals surface area contributed by atoms with Gasteiger partial charge >= 0.3 is 0 Å². The lowest BCUT2D eigenvalue weighted by molar-refractivity contribution is -0.146. The fourth-order valence-corrected chi connectivity index (χ4v) is 5.67. The van der Waals surface area contributed by atoms with Crippen molar-refractivity contribution in [3.05, 3.63) is 0 Å². The molecule has 0 aromatic heterocycles. The van der Waals surface area contributed by atoms with Crippen molar-refractivity contribution in [3.63, 3.8) is 0 Å². The third-order valence-corrected chi connectivity index (χ3v) is 7.17. The molecule has 0 radical (unpaired) electrons. The molecule has 2 saturated heterocycles. The zero-order chi connectivity index (χ0) is 18.1. The molecule has 4 aliphatic rings. The zero-order valence-corrected chi connectivity index (χ0v) is 15.8. The van der Waals surface area contributed by atoms with Gasteiger partial charge in [0.15, 0.2) is 0 Å². The molecule has 146 valence electrons. The molecular formula is C20H33N3O3. The number of nitrogens with zero attached hydrogens (tertiary/aromatic N) is 2. The van der Waals surface area contributed by atoms with E-state index in [1.165, 1.54) is 19.3 Å². The second-order valence-corrected chi connectivity index (χ2v) is 8.76. The average Bonchev–Trinajstić information content (AvgIpc) is 2.67. The molecule has 6 nitrogen and oxygen atoms in total. The molecule has 2 amide bonds. The largest absolute Gasteiger partial charge is 0.378 e. The van der Waals surface area contributed by atoms with E-state index in [0.717, 1.165) is 32.2 Å². The maximum absolute atomic E-state index is 13.2. The van der Waals surface area contributed by atoms with Gasteiger partial charge in [-0.05, 0) is 50.4 Å². The van der Waals surface area contributed by atoms with Crippen LogP contribution in [0.1, 0.15) is 44.9 Å². The van der Waals surface area contributed by atoms with Crippen LogP contribution in [0, 0.1) is 23.7 Å². The maximum atomic E-state index is 13.2. The Labute approximate surface area is 156 Å². The summed E-state index contributed by atoms with van der Waals surface area (Å²) >= 11 is 0. The Balaban J connectivity index is 1.36. The van der Waals surface area contributed by atoms with Crippen LogP contribution >= 0.6 is 0 Å². The molecule has 2 bridgehead atoms. The quantitative estimate of drug-likeness (QED) is 0.801. The Kier molecular flexibility index (Phi) is 5.50. The SMILES string of the molecule is NC1C2CCCC1CC(C(=O)N1CCCC(C(=O)N3CCOCC3)C1)C2. The number of nitrogens with two attached hydrogens (primary N) is 1. The molecule has 2 heterocycles. The number of hydrogen-bond acceptors (Lipinski definition) is 4. The van der Waals surface area contributed by atoms with Crippen molar-refractivity contribution in [1.82, 2.24) is 9.80 Å². The third-order valence-electron chi connectivity index (χ3n) is 7.17. The number of fused-ring (bicyclic) bond motifs is 2. The van der Waals surface area contributed by atoms with Crippen LogP contribution in [0.4, 0.5) is 0 Å². The summed E-state index contributed by atoms with van der Waals surface area (Å²) in [5.41, 5.74) is 6.38. The number of likely N-dealkylation sites (tertiary alicyclic amines) is 1. The van der Waals surface area contributed by atoms with E-state index in [9.17, 15) is 9.59 Å². The lowest BCUT2D eigenvalue weighted by Gasteiger charge is -2.45. The maximum Gasteiger partial charge on any atom is 0.227 e. The average molecular weight is 364 g/mol. The van der Waals surface area contributed by atoms with Crippen molar-refractivity contribution in [3.8, 4) is 0 Å². The predicted molar refractivity (Wildman–Crippen MR) is 98.2 cm³/mol. The topological polar surface area (TPSA) is 75.9 Å². The van der Waals surface area contributed by atoms with Crippen molar-refractivity contribution in [2.24, 2.45) is 29.4 Å². The summed E-state index contributed by atoms with van der Waals surface area (Å²) in [4.78, 5) is 29.9. The fraction of sp³-hybridized carbons (Fsp3) is 0.900. The highest BCUT2D eigenvalue weighted by atomic mass is 16.5. The van der Waals surface area contributed by atoms with E-state index in [2.05, 4.69) is 0 Å². The summed E-state index contributed by atoms with van der Waals surface area (Å²) in [7, 11) is 0. The van der Waals surface area contributed by atoms with Gasteiger partial charge in [0.05, 0.1) is 19.1 Å².